The van der Waals surface area contributed by atoms with E-state index in [2.05, 4.69) is 0 Å². The molecule has 0 spiro atoms. The second kappa shape index (κ2) is 11.4. The Balaban J connectivity index is 1.83. The van der Waals surface area contributed by atoms with E-state index in [0.29, 0.717) is 6.07 Å². The Hall–Kier alpha value is -3.22. The van der Waals surface area contributed by atoms with E-state index in [1.54, 1.807) is 4.74 Å². The van der Waals surface area contributed by atoms with E-state index in [1.165, 1.54) is 24.3 Å². The van der Waals surface area contributed by atoms with Crippen molar-refractivity contribution in [1.82, 2.24) is 0 Å². The summed E-state index contributed by atoms with van der Waals surface area (Å²) in [5.41, 5.74) is -2.51. The smallest absolute Gasteiger partial charge is 0.451 e. The maximum Gasteiger partial charge on any atom is 0.527 e. The molecule has 0 aliphatic heterocycles. The molecule has 0 unspecified atom stereocenters. The number of carbonyl (C=O) groups is 1. The zero-order valence-corrected chi connectivity index (χ0v) is 21.5. The first-order valence-electron chi connectivity index (χ1n) is 10.7. The fraction of sp³-hybridized carbons (Fsp3) is 0.261. The van der Waals surface area contributed by atoms with Gasteiger partial charge in [-0.3, -0.25) is 4.79 Å². The Morgan fingerprint density at radius 3 is 1.93 bits per heavy atom. The van der Waals surface area contributed by atoms with E-state index < -0.39 is 59.5 Å². The van der Waals surface area contributed by atoms with E-state index in [-0.39, 0.29) is 33.5 Å². The molecule has 0 saturated heterocycles. The van der Waals surface area contributed by atoms with E-state index in [4.69, 9.17) is 27.6 Å². The highest BCUT2D eigenvalue weighted by molar-refractivity contribution is 6.35. The molecule has 1 amide bonds. The van der Waals surface area contributed by atoms with Crippen LogP contribution in [-0.2, 0) is 15.4 Å². The number of hydrogen-bond donors (Lipinski definition) is 1. The summed E-state index contributed by atoms with van der Waals surface area (Å²) in [7, 11) is 0. The van der Waals surface area contributed by atoms with Crippen molar-refractivity contribution in [3.05, 3.63) is 76.0 Å². The number of nitrogens with one attached hydrogen (secondary N) is 1. The molecule has 1 N–H and O–H groups in total. The van der Waals surface area contributed by atoms with Gasteiger partial charge in [0.15, 0.2) is 5.76 Å². The van der Waals surface area contributed by atoms with Crippen LogP contribution in [0.2, 0.25) is 10.0 Å². The molecule has 0 fully saturated rings. The topological polar surface area (TPSA) is 60.7 Å². The van der Waals surface area contributed by atoms with Crippen LogP contribution in [0.25, 0.3) is 11.3 Å². The van der Waals surface area contributed by atoms with Gasteiger partial charge in [-0.25, -0.2) is 9.47 Å². The standard InChI is InChI=1S/C23H10Cl2F13NO4/c24-11-4-5-14(25)13(9-11)15-6-7-16(41-15)17(40)39-12-3-1-2-10(8-12)18(26,27)20(30,31)42-21(32,33)19(28,29)22(34,35)43-23(36,37)38/h1-9H,(H,39,40). The third-order valence-electron chi connectivity index (χ3n) is 5.10. The summed E-state index contributed by atoms with van der Waals surface area (Å²) >= 11 is 11.9. The molecule has 43 heavy (non-hydrogen) atoms. The van der Waals surface area contributed by atoms with Gasteiger partial charge in [-0.15, -0.1) is 13.2 Å². The minimum absolute atomic E-state index is 0.00124. The van der Waals surface area contributed by atoms with Crippen LogP contribution in [0.3, 0.4) is 0 Å². The summed E-state index contributed by atoms with van der Waals surface area (Å²) in [6, 6.07) is 8.01. The van der Waals surface area contributed by atoms with Crippen LogP contribution in [0.5, 0.6) is 0 Å². The van der Waals surface area contributed by atoms with Crippen molar-refractivity contribution >= 4 is 34.8 Å². The van der Waals surface area contributed by atoms with Crippen LogP contribution >= 0.6 is 23.2 Å². The molecule has 3 rings (SSSR count). The molecule has 236 valence electrons. The lowest BCUT2D eigenvalue weighted by atomic mass is 10.1. The SMILES string of the molecule is O=C(Nc1cccc(C(F)(F)C(F)(F)OC(F)(F)C(F)(F)C(F)(F)OC(F)(F)F)c1)c1ccc(-c2cc(Cl)ccc2Cl)o1. The highest BCUT2D eigenvalue weighted by Gasteiger charge is 2.80. The van der Waals surface area contributed by atoms with Crippen LogP contribution < -0.4 is 5.32 Å². The molecule has 0 aliphatic carbocycles. The largest absolute Gasteiger partial charge is 0.527 e. The van der Waals surface area contributed by atoms with Gasteiger partial charge in [0, 0.05) is 21.8 Å². The van der Waals surface area contributed by atoms with Gasteiger partial charge in [0.05, 0.1) is 5.02 Å². The Kier molecular flexibility index (Phi) is 9.06. The average molecular weight is 682 g/mol. The van der Waals surface area contributed by atoms with Gasteiger partial charge < -0.3 is 9.73 Å². The normalized spacial score (nSPS) is 13.7. The van der Waals surface area contributed by atoms with E-state index in [0.717, 1.165) is 12.1 Å². The first-order chi connectivity index (χ1) is 19.4. The maximum absolute atomic E-state index is 14.5. The predicted octanol–water partition coefficient (Wildman–Crippen LogP) is 9.56. The average Bonchev–Trinajstić information content (AvgIpc) is 3.33. The molecule has 0 radical (unpaired) electrons. The molecule has 2 aromatic carbocycles. The lowest BCUT2D eigenvalue weighted by Crippen LogP contribution is -2.61. The summed E-state index contributed by atoms with van der Waals surface area (Å²) in [6.45, 7) is 0. The minimum atomic E-state index is -7.55. The Morgan fingerprint density at radius 2 is 1.33 bits per heavy atom. The van der Waals surface area contributed by atoms with Crippen molar-refractivity contribution in [2.75, 3.05) is 5.32 Å². The van der Waals surface area contributed by atoms with Crippen molar-refractivity contribution in [1.29, 1.82) is 0 Å². The van der Waals surface area contributed by atoms with Crippen molar-refractivity contribution in [2.45, 2.75) is 36.5 Å². The highest BCUT2D eigenvalue weighted by Crippen LogP contribution is 2.54. The molecule has 20 heteroatoms. The summed E-state index contributed by atoms with van der Waals surface area (Å²) in [4.78, 5) is 12.5. The second-order valence-corrected chi connectivity index (χ2v) is 9.02. The van der Waals surface area contributed by atoms with Gasteiger partial charge >= 0.3 is 36.5 Å². The molecule has 0 bridgehead atoms. The van der Waals surface area contributed by atoms with Crippen LogP contribution in [0.4, 0.5) is 62.8 Å². The third kappa shape index (κ3) is 7.13. The molecule has 0 aliphatic rings. The summed E-state index contributed by atoms with van der Waals surface area (Å²) in [6.07, 6.45) is -28.1. The summed E-state index contributed by atoms with van der Waals surface area (Å²) in [5.74, 6) is -15.3. The summed E-state index contributed by atoms with van der Waals surface area (Å²) in [5, 5.41) is 2.30. The summed E-state index contributed by atoms with van der Waals surface area (Å²) < 4.78 is 182. The van der Waals surface area contributed by atoms with Crippen LogP contribution in [0.1, 0.15) is 16.1 Å². The van der Waals surface area contributed by atoms with Gasteiger partial charge in [0.25, 0.3) is 5.91 Å². The maximum atomic E-state index is 14.5. The minimum Gasteiger partial charge on any atom is -0.451 e. The van der Waals surface area contributed by atoms with Crippen molar-refractivity contribution in [2.24, 2.45) is 0 Å². The number of rotatable bonds is 10. The van der Waals surface area contributed by atoms with Gasteiger partial charge in [0.2, 0.25) is 0 Å². The van der Waals surface area contributed by atoms with Crippen LogP contribution in [0.15, 0.2) is 59.0 Å². The number of benzene rings is 2. The first-order valence-corrected chi connectivity index (χ1v) is 11.5. The van der Waals surface area contributed by atoms with Gasteiger partial charge in [-0.2, -0.15) is 43.9 Å². The monoisotopic (exact) mass is 681 g/mol. The first kappa shape index (κ1) is 34.3. The molecule has 0 atom stereocenters. The van der Waals surface area contributed by atoms with Crippen LogP contribution in [-0.4, -0.2) is 36.5 Å². The number of hydrogen-bond acceptors (Lipinski definition) is 4. The van der Waals surface area contributed by atoms with Crippen molar-refractivity contribution in [3.8, 4) is 11.3 Å². The quantitative estimate of drug-likeness (QED) is 0.217. The molecular weight excluding hydrogens is 672 g/mol. The highest BCUT2D eigenvalue weighted by atomic mass is 35.5. The molecular formula is C23H10Cl2F13NO4. The fourth-order valence-corrected chi connectivity index (χ4v) is 3.49. The zero-order valence-electron chi connectivity index (χ0n) is 20.0. The molecule has 1 aromatic heterocycles. The van der Waals surface area contributed by atoms with Gasteiger partial charge in [-0.1, -0.05) is 35.3 Å². The van der Waals surface area contributed by atoms with Gasteiger partial charge in [-0.05, 0) is 42.5 Å². The zero-order chi connectivity index (χ0) is 32.8. The number of carbonyl (C=O) groups excluding carboxylic acids is 1. The van der Waals surface area contributed by atoms with Crippen molar-refractivity contribution < 1.29 is 75.8 Å². The predicted molar refractivity (Wildman–Crippen MR) is 120 cm³/mol. The van der Waals surface area contributed by atoms with E-state index in [9.17, 15) is 61.9 Å². The van der Waals surface area contributed by atoms with E-state index >= 15 is 0 Å². The number of alkyl halides is 13. The van der Waals surface area contributed by atoms with E-state index in [1.807, 2.05) is 10.1 Å². The Bertz CT molecular complexity index is 1490. The van der Waals surface area contributed by atoms with Gasteiger partial charge in [0.1, 0.15) is 5.76 Å². The second-order valence-electron chi connectivity index (χ2n) is 8.17. The number of furan rings is 1. The molecule has 0 saturated carbocycles. The molecule has 1 heterocycles. The Labute approximate surface area is 240 Å². The third-order valence-corrected chi connectivity index (χ3v) is 5.67. The number of halogens is 15. The Morgan fingerprint density at radius 1 is 0.721 bits per heavy atom. The lowest BCUT2D eigenvalue weighted by molar-refractivity contribution is -0.535. The number of ether oxygens (including phenoxy) is 2. The molecule has 5 nitrogen and oxygen atoms in total. The molecule has 3 aromatic rings. The van der Waals surface area contributed by atoms with Crippen LogP contribution in [0, 0.1) is 0 Å². The van der Waals surface area contributed by atoms with Crippen molar-refractivity contribution in [3.63, 3.8) is 0 Å². The fourth-order valence-electron chi connectivity index (χ4n) is 3.11. The lowest BCUT2D eigenvalue weighted by Gasteiger charge is -2.35. The number of anilines is 1. The number of amides is 1.